The van der Waals surface area contributed by atoms with Crippen molar-refractivity contribution in [1.29, 1.82) is 0 Å². The number of aromatic amines is 1. The van der Waals surface area contributed by atoms with Gasteiger partial charge in [0.05, 0.1) is 28.3 Å². The minimum atomic E-state index is -0.0364. The Hall–Kier alpha value is -2.09. The molecule has 1 aromatic carbocycles. The molecule has 0 amide bonds. The lowest BCUT2D eigenvalue weighted by Crippen LogP contribution is -2.25. The van der Waals surface area contributed by atoms with Gasteiger partial charge in [-0.25, -0.2) is 9.97 Å². The third kappa shape index (κ3) is 2.68. The lowest BCUT2D eigenvalue weighted by Gasteiger charge is -2.21. The highest BCUT2D eigenvalue weighted by molar-refractivity contribution is 7.18. The van der Waals surface area contributed by atoms with Gasteiger partial charge in [0, 0.05) is 0 Å². The van der Waals surface area contributed by atoms with Crippen molar-refractivity contribution in [2.24, 2.45) is 0 Å². The zero-order valence-corrected chi connectivity index (χ0v) is 15.1. The number of likely N-dealkylation sites (tertiary alicyclic amines) is 1. The van der Waals surface area contributed by atoms with Crippen molar-refractivity contribution in [3.8, 4) is 0 Å². The average molecular weight is 368 g/mol. The summed E-state index contributed by atoms with van der Waals surface area (Å²) in [5, 5.41) is 3.08. The second-order valence-electron chi connectivity index (χ2n) is 6.30. The van der Waals surface area contributed by atoms with E-state index in [1.165, 1.54) is 16.0 Å². The number of thiophene rings is 1. The van der Waals surface area contributed by atoms with Crippen LogP contribution in [0.25, 0.3) is 20.4 Å². The van der Waals surface area contributed by atoms with E-state index in [-0.39, 0.29) is 5.56 Å². The van der Waals surface area contributed by atoms with E-state index in [2.05, 4.69) is 33.1 Å². The number of hydrogen-bond acceptors (Lipinski definition) is 6. The molecule has 126 valence electrons. The maximum Gasteiger partial charge on any atom is 0.268 e. The van der Waals surface area contributed by atoms with Crippen molar-refractivity contribution >= 4 is 43.1 Å². The van der Waals surface area contributed by atoms with Crippen LogP contribution < -0.4 is 5.56 Å². The Balaban J connectivity index is 1.46. The second kappa shape index (κ2) is 6.01. The zero-order valence-electron chi connectivity index (χ0n) is 13.4. The van der Waals surface area contributed by atoms with E-state index in [1.807, 2.05) is 17.5 Å². The van der Waals surface area contributed by atoms with Gasteiger partial charge in [-0.1, -0.05) is 12.1 Å². The molecule has 1 saturated heterocycles. The topological polar surface area (TPSA) is 61.9 Å². The number of thiazole rings is 1. The second-order valence-corrected chi connectivity index (χ2v) is 8.27. The molecule has 0 radical (unpaired) electrons. The van der Waals surface area contributed by atoms with Crippen molar-refractivity contribution in [3.63, 3.8) is 0 Å². The molecular formula is C18H16N4OS2. The molecule has 4 heterocycles. The maximum absolute atomic E-state index is 12.2. The summed E-state index contributed by atoms with van der Waals surface area (Å²) in [5.74, 6) is 0.740. The molecular weight excluding hydrogens is 352 g/mol. The number of benzene rings is 1. The highest BCUT2D eigenvalue weighted by Crippen LogP contribution is 2.36. The molecule has 1 aliphatic heterocycles. The molecule has 1 atom stereocenters. The Kier molecular flexibility index (Phi) is 3.65. The van der Waals surface area contributed by atoms with E-state index >= 15 is 0 Å². The fourth-order valence-electron chi connectivity index (χ4n) is 3.52. The Morgan fingerprint density at radius 3 is 3.04 bits per heavy atom. The van der Waals surface area contributed by atoms with Crippen LogP contribution in [0.15, 0.2) is 40.5 Å². The van der Waals surface area contributed by atoms with Gasteiger partial charge in [-0.15, -0.1) is 22.7 Å². The van der Waals surface area contributed by atoms with Gasteiger partial charge in [0.15, 0.2) is 0 Å². The minimum Gasteiger partial charge on any atom is -0.308 e. The van der Waals surface area contributed by atoms with Crippen LogP contribution in [0.2, 0.25) is 0 Å². The smallest absolute Gasteiger partial charge is 0.268 e. The molecule has 5 nitrogen and oxygen atoms in total. The highest BCUT2D eigenvalue weighted by Gasteiger charge is 2.29. The van der Waals surface area contributed by atoms with Crippen molar-refractivity contribution in [3.05, 3.63) is 56.9 Å². The summed E-state index contributed by atoms with van der Waals surface area (Å²) < 4.78 is 1.93. The summed E-state index contributed by atoms with van der Waals surface area (Å²) >= 11 is 3.21. The van der Waals surface area contributed by atoms with Crippen LogP contribution in [-0.2, 0) is 6.54 Å². The van der Waals surface area contributed by atoms with Gasteiger partial charge < -0.3 is 4.98 Å². The van der Waals surface area contributed by atoms with Crippen LogP contribution in [0.4, 0.5) is 0 Å². The van der Waals surface area contributed by atoms with Gasteiger partial charge in [0.25, 0.3) is 5.56 Å². The molecule has 0 aliphatic carbocycles. The zero-order chi connectivity index (χ0) is 16.8. The van der Waals surface area contributed by atoms with Crippen molar-refractivity contribution in [2.45, 2.75) is 25.4 Å². The molecule has 3 aromatic heterocycles. The third-order valence-electron chi connectivity index (χ3n) is 4.68. The summed E-state index contributed by atoms with van der Waals surface area (Å²) in [4.78, 5) is 27.0. The van der Waals surface area contributed by atoms with Crippen LogP contribution in [0.1, 0.15) is 29.7 Å². The first-order valence-corrected chi connectivity index (χ1v) is 10.0. The van der Waals surface area contributed by atoms with Crippen molar-refractivity contribution < 1.29 is 0 Å². The number of nitrogens with zero attached hydrogens (tertiary/aromatic N) is 3. The summed E-state index contributed by atoms with van der Waals surface area (Å²) in [6.07, 6.45) is 2.25. The molecule has 25 heavy (non-hydrogen) atoms. The van der Waals surface area contributed by atoms with Crippen LogP contribution in [0, 0.1) is 0 Å². The normalized spacial score (nSPS) is 18.5. The first kappa shape index (κ1) is 15.2. The van der Waals surface area contributed by atoms with Crippen LogP contribution in [0.5, 0.6) is 0 Å². The van der Waals surface area contributed by atoms with E-state index in [4.69, 9.17) is 4.98 Å². The number of hydrogen-bond donors (Lipinski definition) is 1. The summed E-state index contributed by atoms with van der Waals surface area (Å²) in [5.41, 5.74) is 1.82. The molecule has 1 aliphatic rings. The van der Waals surface area contributed by atoms with Crippen LogP contribution in [-0.4, -0.2) is 26.4 Å². The van der Waals surface area contributed by atoms with E-state index < -0.39 is 0 Å². The quantitative estimate of drug-likeness (QED) is 0.595. The van der Waals surface area contributed by atoms with Crippen molar-refractivity contribution in [2.75, 3.05) is 6.54 Å². The first-order chi connectivity index (χ1) is 12.3. The third-order valence-corrected chi connectivity index (χ3v) is 6.72. The minimum absolute atomic E-state index is 0.0364. The lowest BCUT2D eigenvalue weighted by molar-refractivity contribution is 0.242. The SMILES string of the molecule is O=c1[nH]c(CN2CCC[C@@H]2c2nc3ccccc3s2)nc2ccsc12. The van der Waals surface area contributed by atoms with Gasteiger partial charge >= 0.3 is 0 Å². The molecule has 1 fully saturated rings. The number of para-hydroxylation sites is 1. The van der Waals surface area contributed by atoms with E-state index in [0.717, 1.165) is 41.3 Å². The van der Waals surface area contributed by atoms with E-state index in [1.54, 1.807) is 11.3 Å². The Morgan fingerprint density at radius 2 is 2.12 bits per heavy atom. The molecule has 0 bridgehead atoms. The van der Waals surface area contributed by atoms with Crippen molar-refractivity contribution in [1.82, 2.24) is 19.9 Å². The van der Waals surface area contributed by atoms with Gasteiger partial charge in [-0.3, -0.25) is 9.69 Å². The van der Waals surface area contributed by atoms with Gasteiger partial charge in [0.2, 0.25) is 0 Å². The monoisotopic (exact) mass is 368 g/mol. The standard InChI is InChI=1S/C18H16N4OS2/c23-17-16-12(7-9-24-16)19-15(21-17)10-22-8-3-5-13(22)18-20-11-4-1-2-6-14(11)25-18/h1-2,4,6-7,9,13H,3,5,8,10H2,(H,19,21,23)/t13-/m1/s1. The molecule has 4 aromatic rings. The molecule has 7 heteroatoms. The number of rotatable bonds is 3. The predicted molar refractivity (Wildman–Crippen MR) is 102 cm³/mol. The van der Waals surface area contributed by atoms with Crippen LogP contribution in [0.3, 0.4) is 0 Å². The summed E-state index contributed by atoms with van der Waals surface area (Å²) in [6, 6.07) is 10.5. The predicted octanol–water partition coefficient (Wildman–Crippen LogP) is 3.93. The largest absolute Gasteiger partial charge is 0.308 e. The fourth-order valence-corrected chi connectivity index (χ4v) is 5.38. The number of nitrogens with one attached hydrogen (secondary N) is 1. The first-order valence-electron chi connectivity index (χ1n) is 8.34. The molecule has 5 rings (SSSR count). The van der Waals surface area contributed by atoms with E-state index in [9.17, 15) is 4.79 Å². The summed E-state index contributed by atoms with van der Waals surface area (Å²) in [7, 11) is 0. The summed E-state index contributed by atoms with van der Waals surface area (Å²) in [6.45, 7) is 1.66. The number of aromatic nitrogens is 3. The Labute approximate surface area is 152 Å². The Morgan fingerprint density at radius 1 is 1.20 bits per heavy atom. The molecule has 1 N–H and O–H groups in total. The highest BCUT2D eigenvalue weighted by atomic mass is 32.1. The Bertz CT molecular complexity index is 1080. The fraction of sp³-hybridized carbons (Fsp3) is 0.278. The van der Waals surface area contributed by atoms with E-state index in [0.29, 0.717) is 17.3 Å². The average Bonchev–Trinajstić information content (AvgIpc) is 3.33. The van der Waals surface area contributed by atoms with Gasteiger partial charge in [-0.05, 0) is 43.0 Å². The molecule has 0 spiro atoms. The molecule has 0 saturated carbocycles. The van der Waals surface area contributed by atoms with Crippen LogP contribution >= 0.6 is 22.7 Å². The lowest BCUT2D eigenvalue weighted by atomic mass is 10.2. The van der Waals surface area contributed by atoms with Gasteiger partial charge in [0.1, 0.15) is 15.5 Å². The molecule has 0 unspecified atom stereocenters. The number of H-pyrrole nitrogens is 1. The number of fused-ring (bicyclic) bond motifs is 2. The van der Waals surface area contributed by atoms with Gasteiger partial charge in [-0.2, -0.15) is 0 Å². The maximum atomic E-state index is 12.2.